The number of carbonyl (C=O) groups is 1. The van der Waals surface area contributed by atoms with E-state index in [1.165, 1.54) is 0 Å². The number of rotatable bonds is 7. The minimum absolute atomic E-state index is 0.160. The highest BCUT2D eigenvalue weighted by Crippen LogP contribution is 2.16. The van der Waals surface area contributed by atoms with Crippen molar-refractivity contribution >= 4 is 17.7 Å². The van der Waals surface area contributed by atoms with Gasteiger partial charge in [-0.1, -0.05) is 31.5 Å². The van der Waals surface area contributed by atoms with Gasteiger partial charge in [-0.25, -0.2) is 0 Å². The zero-order chi connectivity index (χ0) is 14.1. The van der Waals surface area contributed by atoms with E-state index < -0.39 is 0 Å². The van der Waals surface area contributed by atoms with Crippen LogP contribution in [-0.4, -0.2) is 30.2 Å². The molecule has 1 aromatic carbocycles. The molecule has 0 fully saturated rings. The molecule has 1 amide bonds. The number of hydrogen-bond donors (Lipinski definition) is 0. The van der Waals surface area contributed by atoms with Crippen molar-refractivity contribution in [1.82, 2.24) is 4.90 Å². The van der Waals surface area contributed by atoms with Gasteiger partial charge in [-0.05, 0) is 18.1 Å². The Kier molecular flexibility index (Phi) is 7.06. The first-order valence-electron chi connectivity index (χ1n) is 6.48. The maximum Gasteiger partial charge on any atom is 0.232 e. The molecular formula is C15H20N2OS. The number of unbranched alkanes of at least 4 members (excludes halogenated alkanes) is 1. The lowest BCUT2D eigenvalue weighted by Gasteiger charge is -2.16. The Labute approximate surface area is 119 Å². The largest absolute Gasteiger partial charge is 0.345 e. The lowest BCUT2D eigenvalue weighted by atomic mass is 10.1. The number of nitrogens with zero attached hydrogens (tertiary/aromatic N) is 2. The summed E-state index contributed by atoms with van der Waals surface area (Å²) < 4.78 is 0. The van der Waals surface area contributed by atoms with Crippen LogP contribution in [0.4, 0.5) is 0 Å². The van der Waals surface area contributed by atoms with Crippen LogP contribution in [0.1, 0.15) is 30.9 Å². The summed E-state index contributed by atoms with van der Waals surface area (Å²) in [5.41, 5.74) is 1.70. The monoisotopic (exact) mass is 276 g/mol. The molecule has 1 aromatic rings. The summed E-state index contributed by atoms with van der Waals surface area (Å²) in [6.45, 7) is 2.94. The van der Waals surface area contributed by atoms with Gasteiger partial charge >= 0.3 is 0 Å². The number of nitriles is 1. The van der Waals surface area contributed by atoms with Crippen LogP contribution in [0.15, 0.2) is 24.3 Å². The number of hydrogen-bond acceptors (Lipinski definition) is 3. The van der Waals surface area contributed by atoms with E-state index in [-0.39, 0.29) is 5.91 Å². The van der Waals surface area contributed by atoms with Gasteiger partial charge < -0.3 is 4.90 Å². The average molecular weight is 276 g/mol. The molecule has 0 bridgehead atoms. The molecule has 0 aliphatic rings. The van der Waals surface area contributed by atoms with Gasteiger partial charge in [0.1, 0.15) is 0 Å². The fraction of sp³-hybridized carbons (Fsp3) is 0.467. The topological polar surface area (TPSA) is 44.1 Å². The Morgan fingerprint density at radius 2 is 2.16 bits per heavy atom. The highest BCUT2D eigenvalue weighted by atomic mass is 32.2. The molecule has 19 heavy (non-hydrogen) atoms. The first kappa shape index (κ1) is 15.6. The minimum atomic E-state index is 0.160. The molecule has 0 aliphatic heterocycles. The number of amides is 1. The second-order valence-electron chi connectivity index (χ2n) is 4.43. The van der Waals surface area contributed by atoms with Crippen LogP contribution >= 0.6 is 11.8 Å². The van der Waals surface area contributed by atoms with Crippen molar-refractivity contribution in [3.8, 4) is 6.07 Å². The van der Waals surface area contributed by atoms with Crippen LogP contribution in [-0.2, 0) is 10.5 Å². The molecule has 0 spiro atoms. The molecule has 3 nitrogen and oxygen atoms in total. The Morgan fingerprint density at radius 3 is 2.84 bits per heavy atom. The van der Waals surface area contributed by atoms with E-state index in [4.69, 9.17) is 5.26 Å². The van der Waals surface area contributed by atoms with E-state index in [2.05, 4.69) is 13.0 Å². The van der Waals surface area contributed by atoms with E-state index in [1.54, 1.807) is 16.7 Å². The van der Waals surface area contributed by atoms with Crippen molar-refractivity contribution in [3.63, 3.8) is 0 Å². The predicted molar refractivity (Wildman–Crippen MR) is 79.9 cm³/mol. The van der Waals surface area contributed by atoms with E-state index in [9.17, 15) is 4.79 Å². The van der Waals surface area contributed by atoms with Crippen molar-refractivity contribution in [3.05, 3.63) is 35.4 Å². The smallest absolute Gasteiger partial charge is 0.232 e. The molecule has 0 radical (unpaired) electrons. The fourth-order valence-electron chi connectivity index (χ4n) is 1.63. The first-order chi connectivity index (χ1) is 9.19. The lowest BCUT2D eigenvalue weighted by Crippen LogP contribution is -2.29. The van der Waals surface area contributed by atoms with E-state index in [0.29, 0.717) is 17.1 Å². The molecule has 0 saturated heterocycles. The quantitative estimate of drug-likeness (QED) is 0.769. The summed E-state index contributed by atoms with van der Waals surface area (Å²) in [6, 6.07) is 9.71. The third-order valence-corrected chi connectivity index (χ3v) is 3.86. The number of thioether (sulfide) groups is 1. The zero-order valence-corrected chi connectivity index (χ0v) is 12.4. The standard InChI is InChI=1S/C15H20N2OS/c1-3-4-9-17(2)15(18)12-19-11-14-8-6-5-7-13(14)10-16/h5-8H,3-4,9,11-12H2,1-2H3. The molecule has 0 aliphatic carbocycles. The summed E-state index contributed by atoms with van der Waals surface area (Å²) in [4.78, 5) is 13.6. The predicted octanol–water partition coefficient (Wildman–Crippen LogP) is 3.05. The molecule has 0 atom stereocenters. The van der Waals surface area contributed by atoms with Gasteiger partial charge in [-0.2, -0.15) is 5.26 Å². The van der Waals surface area contributed by atoms with Crippen LogP contribution in [0, 0.1) is 11.3 Å². The van der Waals surface area contributed by atoms with E-state index >= 15 is 0 Å². The normalized spacial score (nSPS) is 9.95. The van der Waals surface area contributed by atoms with E-state index in [0.717, 1.165) is 24.9 Å². The van der Waals surface area contributed by atoms with E-state index in [1.807, 2.05) is 31.3 Å². The molecule has 0 heterocycles. The first-order valence-corrected chi connectivity index (χ1v) is 7.64. The van der Waals surface area contributed by atoms with Crippen LogP contribution < -0.4 is 0 Å². The second-order valence-corrected chi connectivity index (χ2v) is 5.42. The molecule has 0 saturated carbocycles. The van der Waals surface area contributed by atoms with Crippen molar-refractivity contribution < 1.29 is 4.79 Å². The zero-order valence-electron chi connectivity index (χ0n) is 11.6. The van der Waals surface area contributed by atoms with Gasteiger partial charge in [0, 0.05) is 19.3 Å². The van der Waals surface area contributed by atoms with Gasteiger partial charge in [0.25, 0.3) is 0 Å². The van der Waals surface area contributed by atoms with Crippen LogP contribution in [0.5, 0.6) is 0 Å². The highest BCUT2D eigenvalue weighted by Gasteiger charge is 2.08. The molecule has 4 heteroatoms. The van der Waals surface area contributed by atoms with Crippen molar-refractivity contribution in [2.24, 2.45) is 0 Å². The highest BCUT2D eigenvalue weighted by molar-refractivity contribution is 7.99. The molecule has 102 valence electrons. The van der Waals surface area contributed by atoms with Crippen LogP contribution in [0.3, 0.4) is 0 Å². The Balaban J connectivity index is 2.38. The lowest BCUT2D eigenvalue weighted by molar-refractivity contribution is -0.127. The van der Waals surface area contributed by atoms with Crippen LogP contribution in [0.2, 0.25) is 0 Å². The maximum absolute atomic E-state index is 11.8. The van der Waals surface area contributed by atoms with Gasteiger partial charge in [0.05, 0.1) is 17.4 Å². The molecule has 0 aromatic heterocycles. The third-order valence-electron chi connectivity index (χ3n) is 2.89. The molecular weight excluding hydrogens is 256 g/mol. The third kappa shape index (κ3) is 5.35. The number of carbonyl (C=O) groups excluding carboxylic acids is 1. The SMILES string of the molecule is CCCCN(C)C(=O)CSCc1ccccc1C#N. The Hall–Kier alpha value is -1.47. The average Bonchev–Trinajstić information content (AvgIpc) is 2.45. The maximum atomic E-state index is 11.8. The van der Waals surface area contributed by atoms with Crippen molar-refractivity contribution in [1.29, 1.82) is 5.26 Å². The summed E-state index contributed by atoms with van der Waals surface area (Å²) in [7, 11) is 1.85. The molecule has 0 unspecified atom stereocenters. The van der Waals surface area contributed by atoms with Crippen LogP contribution in [0.25, 0.3) is 0 Å². The van der Waals surface area contributed by atoms with Crippen molar-refractivity contribution in [2.75, 3.05) is 19.3 Å². The fourth-order valence-corrected chi connectivity index (χ4v) is 2.60. The summed E-state index contributed by atoms with van der Waals surface area (Å²) in [5.74, 6) is 1.34. The van der Waals surface area contributed by atoms with Gasteiger partial charge in [-0.3, -0.25) is 4.79 Å². The minimum Gasteiger partial charge on any atom is -0.345 e. The van der Waals surface area contributed by atoms with Crippen molar-refractivity contribution in [2.45, 2.75) is 25.5 Å². The number of benzene rings is 1. The Morgan fingerprint density at radius 1 is 1.42 bits per heavy atom. The second kappa shape index (κ2) is 8.60. The summed E-state index contributed by atoms with van der Waals surface area (Å²) >= 11 is 1.56. The van der Waals surface area contributed by atoms with Gasteiger partial charge in [0.15, 0.2) is 0 Å². The van der Waals surface area contributed by atoms with Gasteiger partial charge in [0.2, 0.25) is 5.91 Å². The van der Waals surface area contributed by atoms with Gasteiger partial charge in [-0.15, -0.1) is 11.8 Å². The molecule has 0 N–H and O–H groups in total. The molecule has 1 rings (SSSR count). The Bertz CT molecular complexity index is 454. The summed E-state index contributed by atoms with van der Waals surface area (Å²) in [6.07, 6.45) is 2.14. The summed E-state index contributed by atoms with van der Waals surface area (Å²) in [5, 5.41) is 8.98.